The highest BCUT2D eigenvalue weighted by molar-refractivity contribution is 6.55. The molecule has 0 aromatic heterocycles. The minimum atomic E-state index is -0.309. The Kier molecular flexibility index (Phi) is 5.40. The highest BCUT2D eigenvalue weighted by atomic mass is 35.5. The average molecular weight is 393 g/mol. The summed E-state index contributed by atoms with van der Waals surface area (Å²) < 4.78 is 19.7. The van der Waals surface area contributed by atoms with Gasteiger partial charge in [0.15, 0.2) is 0 Å². The van der Waals surface area contributed by atoms with Gasteiger partial charge in [0.1, 0.15) is 16.9 Å². The lowest BCUT2D eigenvalue weighted by molar-refractivity contribution is -0.147. The molecule has 0 radical (unpaired) electrons. The van der Waals surface area contributed by atoms with Crippen LogP contribution in [0.5, 0.6) is 0 Å². The average Bonchev–Trinajstić information content (AvgIpc) is 3.14. The van der Waals surface area contributed by atoms with Crippen LogP contribution in [-0.4, -0.2) is 5.97 Å². The van der Waals surface area contributed by atoms with Crippen LogP contribution in [0.3, 0.4) is 0 Å². The molecule has 0 N–H and O–H groups in total. The first kappa shape index (κ1) is 18.9. The standard InChI is InChI=1S/C21H19Cl2FO2/c1-21(2)16(11-18(22)23)19(21)20(25)26-12-13-8-9-17(24)15(10-13)14-6-4-3-5-7-14/h3-11,16,19H,12H2,1-2H3/t16-,19+/m1/s1. The van der Waals surface area contributed by atoms with Crippen LogP contribution in [-0.2, 0) is 16.1 Å². The van der Waals surface area contributed by atoms with Gasteiger partial charge < -0.3 is 4.74 Å². The maximum absolute atomic E-state index is 14.1. The normalized spacial score (nSPS) is 20.3. The maximum Gasteiger partial charge on any atom is 0.310 e. The summed E-state index contributed by atoms with van der Waals surface area (Å²) >= 11 is 11.4. The van der Waals surface area contributed by atoms with Crippen molar-refractivity contribution in [2.75, 3.05) is 0 Å². The topological polar surface area (TPSA) is 26.3 Å². The van der Waals surface area contributed by atoms with Gasteiger partial charge in [0, 0.05) is 5.56 Å². The number of rotatable bonds is 5. The Labute approximate surface area is 162 Å². The molecule has 0 spiro atoms. The predicted molar refractivity (Wildman–Crippen MR) is 102 cm³/mol. The SMILES string of the molecule is CC1(C)[C@H](C=C(Cl)Cl)[C@H]1C(=O)OCc1ccc(F)c(-c2ccccc2)c1. The van der Waals surface area contributed by atoms with Gasteiger partial charge in [-0.05, 0) is 40.7 Å². The number of carbonyl (C=O) groups excluding carboxylic acids is 1. The van der Waals surface area contributed by atoms with Gasteiger partial charge in [0.05, 0.1) is 5.92 Å². The number of hydrogen-bond donors (Lipinski definition) is 0. The Morgan fingerprint density at radius 1 is 1.19 bits per heavy atom. The van der Waals surface area contributed by atoms with E-state index in [0.29, 0.717) is 5.56 Å². The van der Waals surface area contributed by atoms with Gasteiger partial charge in [-0.15, -0.1) is 0 Å². The Balaban J connectivity index is 1.69. The first-order valence-electron chi connectivity index (χ1n) is 8.34. The largest absolute Gasteiger partial charge is 0.461 e. The molecular formula is C21H19Cl2FO2. The first-order chi connectivity index (χ1) is 12.3. The quantitative estimate of drug-likeness (QED) is 0.572. The van der Waals surface area contributed by atoms with E-state index >= 15 is 0 Å². The maximum atomic E-state index is 14.1. The van der Waals surface area contributed by atoms with Crippen LogP contribution < -0.4 is 0 Å². The van der Waals surface area contributed by atoms with Gasteiger partial charge in [0.25, 0.3) is 0 Å². The van der Waals surface area contributed by atoms with Crippen molar-refractivity contribution >= 4 is 29.2 Å². The van der Waals surface area contributed by atoms with Crippen molar-refractivity contribution in [3.63, 3.8) is 0 Å². The van der Waals surface area contributed by atoms with E-state index in [1.54, 1.807) is 18.2 Å². The Morgan fingerprint density at radius 2 is 1.88 bits per heavy atom. The highest BCUT2D eigenvalue weighted by Crippen LogP contribution is 2.60. The van der Waals surface area contributed by atoms with E-state index in [2.05, 4.69) is 0 Å². The molecule has 0 saturated heterocycles. The first-order valence-corrected chi connectivity index (χ1v) is 9.09. The van der Waals surface area contributed by atoms with E-state index in [9.17, 15) is 9.18 Å². The van der Waals surface area contributed by atoms with E-state index < -0.39 is 0 Å². The second kappa shape index (κ2) is 7.42. The molecule has 5 heteroatoms. The molecular weight excluding hydrogens is 374 g/mol. The number of allylic oxidation sites excluding steroid dienone is 1. The number of carbonyl (C=O) groups is 1. The molecule has 0 amide bonds. The fourth-order valence-corrected chi connectivity index (χ4v) is 3.59. The van der Waals surface area contributed by atoms with Gasteiger partial charge in [-0.3, -0.25) is 4.79 Å². The fraction of sp³-hybridized carbons (Fsp3) is 0.286. The van der Waals surface area contributed by atoms with Crippen molar-refractivity contribution in [2.24, 2.45) is 17.3 Å². The number of ether oxygens (including phenoxy) is 1. The van der Waals surface area contributed by atoms with Crippen molar-refractivity contribution in [1.82, 2.24) is 0 Å². The van der Waals surface area contributed by atoms with Crippen molar-refractivity contribution < 1.29 is 13.9 Å². The van der Waals surface area contributed by atoms with E-state index in [4.69, 9.17) is 27.9 Å². The molecule has 0 heterocycles. The zero-order valence-electron chi connectivity index (χ0n) is 14.5. The van der Waals surface area contributed by atoms with Gasteiger partial charge >= 0.3 is 5.97 Å². The van der Waals surface area contributed by atoms with Crippen molar-refractivity contribution in [3.8, 4) is 11.1 Å². The van der Waals surface area contributed by atoms with Crippen molar-refractivity contribution in [2.45, 2.75) is 20.5 Å². The summed E-state index contributed by atoms with van der Waals surface area (Å²) in [6.45, 7) is 4.04. The number of halogens is 3. The van der Waals surface area contributed by atoms with Crippen LogP contribution in [0.1, 0.15) is 19.4 Å². The molecule has 2 aromatic carbocycles. The van der Waals surface area contributed by atoms with Gasteiger partial charge in [-0.1, -0.05) is 73.4 Å². The van der Waals surface area contributed by atoms with Gasteiger partial charge in [-0.2, -0.15) is 0 Å². The molecule has 2 nitrogen and oxygen atoms in total. The third-order valence-corrected chi connectivity index (χ3v) is 5.22. The summed E-state index contributed by atoms with van der Waals surface area (Å²) in [6.07, 6.45) is 1.68. The molecule has 2 aromatic rings. The summed E-state index contributed by atoms with van der Waals surface area (Å²) in [5, 5.41) is 0. The van der Waals surface area contributed by atoms with E-state index in [1.807, 2.05) is 44.2 Å². The molecule has 1 aliphatic rings. The van der Waals surface area contributed by atoms with E-state index in [0.717, 1.165) is 11.1 Å². The van der Waals surface area contributed by atoms with E-state index in [-0.39, 0.29) is 40.1 Å². The zero-order chi connectivity index (χ0) is 18.9. The van der Waals surface area contributed by atoms with Crippen LogP contribution in [0, 0.1) is 23.1 Å². The van der Waals surface area contributed by atoms with Crippen molar-refractivity contribution in [3.05, 3.63) is 70.5 Å². The molecule has 3 rings (SSSR count). The Hall–Kier alpha value is -1.84. The second-order valence-corrected chi connectivity index (χ2v) is 8.08. The monoisotopic (exact) mass is 392 g/mol. The number of benzene rings is 2. The molecule has 1 saturated carbocycles. The molecule has 0 unspecified atom stereocenters. The molecule has 26 heavy (non-hydrogen) atoms. The number of esters is 1. The lowest BCUT2D eigenvalue weighted by Crippen LogP contribution is -2.10. The highest BCUT2D eigenvalue weighted by Gasteiger charge is 2.61. The molecule has 1 aliphatic carbocycles. The summed E-state index contributed by atoms with van der Waals surface area (Å²) in [6, 6.07) is 14.0. The smallest absolute Gasteiger partial charge is 0.310 e. The zero-order valence-corrected chi connectivity index (χ0v) is 16.0. The number of hydrogen-bond acceptors (Lipinski definition) is 2. The van der Waals surface area contributed by atoms with Gasteiger partial charge in [0.2, 0.25) is 0 Å². The summed E-state index contributed by atoms with van der Waals surface area (Å²) in [7, 11) is 0. The van der Waals surface area contributed by atoms with Crippen LogP contribution in [0.2, 0.25) is 0 Å². The molecule has 2 atom stereocenters. The van der Waals surface area contributed by atoms with Gasteiger partial charge in [-0.25, -0.2) is 4.39 Å². The lowest BCUT2D eigenvalue weighted by atomic mass is 10.0. The Morgan fingerprint density at radius 3 is 2.54 bits per heavy atom. The van der Waals surface area contributed by atoms with Crippen LogP contribution >= 0.6 is 23.2 Å². The minimum Gasteiger partial charge on any atom is -0.461 e. The molecule has 1 fully saturated rings. The van der Waals surface area contributed by atoms with Crippen LogP contribution in [0.4, 0.5) is 4.39 Å². The van der Waals surface area contributed by atoms with Crippen LogP contribution in [0.15, 0.2) is 59.1 Å². The van der Waals surface area contributed by atoms with E-state index in [1.165, 1.54) is 6.07 Å². The summed E-state index contributed by atoms with van der Waals surface area (Å²) in [4.78, 5) is 12.4. The Bertz CT molecular complexity index is 842. The van der Waals surface area contributed by atoms with Crippen LogP contribution in [0.25, 0.3) is 11.1 Å². The van der Waals surface area contributed by atoms with Crippen molar-refractivity contribution in [1.29, 1.82) is 0 Å². The third kappa shape index (κ3) is 3.94. The molecule has 136 valence electrons. The molecule has 0 aliphatic heterocycles. The second-order valence-electron chi connectivity index (χ2n) is 7.07. The summed E-state index contributed by atoms with van der Waals surface area (Å²) in [5.74, 6) is -0.912. The fourth-order valence-electron chi connectivity index (χ4n) is 3.32. The lowest BCUT2D eigenvalue weighted by Gasteiger charge is -2.09. The summed E-state index contributed by atoms with van der Waals surface area (Å²) in [5.41, 5.74) is 1.77. The third-order valence-electron chi connectivity index (χ3n) is 4.97. The predicted octanol–water partition coefficient (Wildman–Crippen LogP) is 6.13. The minimum absolute atomic E-state index is 0.0342. The molecule has 0 bridgehead atoms.